The molecule has 1 N–H and O–H groups in total. The predicted octanol–water partition coefficient (Wildman–Crippen LogP) is 3.51. The molecule has 3 rings (SSSR count). The SMILES string of the molecule is Cc1ccc(C)c(NC(=S)N2CCN(C3CCSCC3)CC2)c1. The maximum absolute atomic E-state index is 5.65. The van der Waals surface area contributed by atoms with Crippen molar-refractivity contribution in [3.05, 3.63) is 29.3 Å². The van der Waals surface area contributed by atoms with E-state index in [1.807, 2.05) is 0 Å². The molecule has 0 spiro atoms. The maximum Gasteiger partial charge on any atom is 0.173 e. The van der Waals surface area contributed by atoms with Gasteiger partial charge in [-0.1, -0.05) is 12.1 Å². The van der Waals surface area contributed by atoms with Crippen LogP contribution in [0, 0.1) is 13.8 Å². The van der Waals surface area contributed by atoms with Crippen molar-refractivity contribution in [1.82, 2.24) is 9.80 Å². The van der Waals surface area contributed by atoms with Gasteiger partial charge in [0.2, 0.25) is 0 Å². The number of nitrogens with zero attached hydrogens (tertiary/aromatic N) is 2. The van der Waals surface area contributed by atoms with Crippen LogP contribution in [0.15, 0.2) is 18.2 Å². The number of anilines is 1. The number of piperazine rings is 1. The summed E-state index contributed by atoms with van der Waals surface area (Å²) >= 11 is 7.75. The van der Waals surface area contributed by atoms with Crippen molar-refractivity contribution in [3.63, 3.8) is 0 Å². The molecule has 0 bridgehead atoms. The van der Waals surface area contributed by atoms with Gasteiger partial charge < -0.3 is 10.2 Å². The second-order valence-electron chi connectivity index (χ2n) is 6.62. The lowest BCUT2D eigenvalue weighted by Gasteiger charge is -2.41. The van der Waals surface area contributed by atoms with Crippen LogP contribution in [0.2, 0.25) is 0 Å². The van der Waals surface area contributed by atoms with Crippen LogP contribution in [-0.2, 0) is 0 Å². The third kappa shape index (κ3) is 4.40. The van der Waals surface area contributed by atoms with Gasteiger partial charge in [0, 0.05) is 37.9 Å². The summed E-state index contributed by atoms with van der Waals surface area (Å²) in [4.78, 5) is 5.00. The van der Waals surface area contributed by atoms with Crippen LogP contribution in [0.4, 0.5) is 5.69 Å². The van der Waals surface area contributed by atoms with Gasteiger partial charge in [-0.2, -0.15) is 11.8 Å². The van der Waals surface area contributed by atoms with Gasteiger partial charge in [-0.15, -0.1) is 0 Å². The fourth-order valence-corrected chi connectivity index (χ4v) is 4.78. The van der Waals surface area contributed by atoms with Crippen LogP contribution in [0.5, 0.6) is 0 Å². The zero-order valence-electron chi connectivity index (χ0n) is 14.2. The number of nitrogens with one attached hydrogen (secondary N) is 1. The van der Waals surface area contributed by atoms with Crippen LogP contribution in [0.1, 0.15) is 24.0 Å². The molecule has 0 atom stereocenters. The fraction of sp³-hybridized carbons (Fsp3) is 0.611. The zero-order valence-corrected chi connectivity index (χ0v) is 15.8. The van der Waals surface area contributed by atoms with Crippen LogP contribution >= 0.6 is 24.0 Å². The Labute approximate surface area is 149 Å². The lowest BCUT2D eigenvalue weighted by Crippen LogP contribution is -2.53. The first-order valence-electron chi connectivity index (χ1n) is 8.58. The average Bonchev–Trinajstić information content (AvgIpc) is 2.59. The van der Waals surface area contributed by atoms with Crippen LogP contribution < -0.4 is 5.32 Å². The third-order valence-electron chi connectivity index (χ3n) is 4.94. The highest BCUT2D eigenvalue weighted by Gasteiger charge is 2.26. The van der Waals surface area contributed by atoms with E-state index in [4.69, 9.17) is 12.2 Å². The molecular weight excluding hydrogens is 322 g/mol. The summed E-state index contributed by atoms with van der Waals surface area (Å²) in [7, 11) is 0. The van der Waals surface area contributed by atoms with Crippen molar-refractivity contribution < 1.29 is 0 Å². The summed E-state index contributed by atoms with van der Waals surface area (Å²) in [5.41, 5.74) is 3.65. The van der Waals surface area contributed by atoms with Gasteiger partial charge in [-0.05, 0) is 67.6 Å². The number of aryl methyl sites for hydroxylation is 2. The Morgan fingerprint density at radius 2 is 1.83 bits per heavy atom. The monoisotopic (exact) mass is 349 g/mol. The Morgan fingerprint density at radius 3 is 2.52 bits per heavy atom. The Bertz CT molecular complexity index is 547. The van der Waals surface area contributed by atoms with Crippen LogP contribution in [0.25, 0.3) is 0 Å². The van der Waals surface area contributed by atoms with E-state index in [1.165, 1.54) is 35.5 Å². The number of thioether (sulfide) groups is 1. The molecule has 0 unspecified atom stereocenters. The highest BCUT2D eigenvalue weighted by Crippen LogP contribution is 2.23. The van der Waals surface area contributed by atoms with E-state index >= 15 is 0 Å². The summed E-state index contributed by atoms with van der Waals surface area (Å²) in [6.45, 7) is 8.62. The summed E-state index contributed by atoms with van der Waals surface area (Å²) in [6.07, 6.45) is 2.71. The van der Waals surface area contributed by atoms with E-state index in [9.17, 15) is 0 Å². The molecule has 0 aliphatic carbocycles. The summed E-state index contributed by atoms with van der Waals surface area (Å²) in [5.74, 6) is 2.66. The largest absolute Gasteiger partial charge is 0.346 e. The first-order valence-corrected chi connectivity index (χ1v) is 10.1. The maximum atomic E-state index is 5.65. The second-order valence-corrected chi connectivity index (χ2v) is 8.23. The standard InChI is InChI=1S/C18H27N3S2/c1-14-3-4-15(2)17(13-14)19-18(22)21-9-7-20(8-10-21)16-5-11-23-12-6-16/h3-4,13,16H,5-12H2,1-2H3,(H,19,22). The molecule has 2 saturated heterocycles. The van der Waals surface area contributed by atoms with E-state index < -0.39 is 0 Å². The minimum atomic E-state index is 0.805. The predicted molar refractivity (Wildman–Crippen MR) is 106 cm³/mol. The molecule has 2 fully saturated rings. The Kier molecular flexibility index (Phi) is 5.83. The van der Waals surface area contributed by atoms with Crippen LogP contribution in [0.3, 0.4) is 0 Å². The summed E-state index contributed by atoms with van der Waals surface area (Å²) in [6, 6.07) is 7.28. The topological polar surface area (TPSA) is 18.5 Å². The van der Waals surface area contributed by atoms with E-state index in [-0.39, 0.29) is 0 Å². The third-order valence-corrected chi connectivity index (χ3v) is 6.35. The number of benzene rings is 1. The van der Waals surface area contributed by atoms with Gasteiger partial charge in [0.05, 0.1) is 0 Å². The number of hydrogen-bond donors (Lipinski definition) is 1. The first kappa shape index (κ1) is 17.1. The van der Waals surface area contributed by atoms with Crippen molar-refractivity contribution in [2.45, 2.75) is 32.7 Å². The molecule has 126 valence electrons. The molecule has 5 heteroatoms. The van der Waals surface area contributed by atoms with E-state index in [0.29, 0.717) is 0 Å². The Morgan fingerprint density at radius 1 is 1.13 bits per heavy atom. The summed E-state index contributed by atoms with van der Waals surface area (Å²) < 4.78 is 0. The average molecular weight is 350 g/mol. The van der Waals surface area contributed by atoms with Gasteiger partial charge in [0.25, 0.3) is 0 Å². The van der Waals surface area contributed by atoms with Crippen molar-refractivity contribution in [2.24, 2.45) is 0 Å². The molecule has 2 heterocycles. The van der Waals surface area contributed by atoms with Crippen molar-refractivity contribution >= 4 is 34.8 Å². The molecule has 2 aliphatic rings. The highest BCUT2D eigenvalue weighted by molar-refractivity contribution is 7.99. The molecule has 2 aliphatic heterocycles. The van der Waals surface area contributed by atoms with Gasteiger partial charge in [-0.25, -0.2) is 0 Å². The van der Waals surface area contributed by atoms with E-state index in [2.05, 4.69) is 58.9 Å². The van der Waals surface area contributed by atoms with E-state index in [0.717, 1.165) is 43.0 Å². The summed E-state index contributed by atoms with van der Waals surface area (Å²) in [5, 5.41) is 4.32. The minimum absolute atomic E-state index is 0.805. The molecule has 1 aromatic carbocycles. The quantitative estimate of drug-likeness (QED) is 0.821. The Balaban J connectivity index is 1.52. The first-order chi connectivity index (χ1) is 11.1. The van der Waals surface area contributed by atoms with Gasteiger partial charge in [0.1, 0.15) is 0 Å². The highest BCUT2D eigenvalue weighted by atomic mass is 32.2. The van der Waals surface area contributed by atoms with Gasteiger partial charge in [0.15, 0.2) is 5.11 Å². The lowest BCUT2D eigenvalue weighted by molar-refractivity contribution is 0.126. The van der Waals surface area contributed by atoms with E-state index in [1.54, 1.807) is 0 Å². The van der Waals surface area contributed by atoms with Gasteiger partial charge >= 0.3 is 0 Å². The van der Waals surface area contributed by atoms with Gasteiger partial charge in [-0.3, -0.25) is 4.90 Å². The number of rotatable bonds is 2. The smallest absolute Gasteiger partial charge is 0.173 e. The molecule has 0 radical (unpaired) electrons. The molecule has 0 saturated carbocycles. The lowest BCUT2D eigenvalue weighted by atomic mass is 10.1. The van der Waals surface area contributed by atoms with Crippen molar-refractivity contribution in [3.8, 4) is 0 Å². The molecule has 23 heavy (non-hydrogen) atoms. The normalized spacial score (nSPS) is 20.5. The van der Waals surface area contributed by atoms with Crippen molar-refractivity contribution in [1.29, 1.82) is 0 Å². The zero-order chi connectivity index (χ0) is 16.2. The molecule has 3 nitrogen and oxygen atoms in total. The Hall–Kier alpha value is -0.780. The molecular formula is C18H27N3S2. The molecule has 0 amide bonds. The molecule has 0 aromatic heterocycles. The molecule has 1 aromatic rings. The second kappa shape index (κ2) is 7.86. The fourth-order valence-electron chi connectivity index (χ4n) is 3.41. The minimum Gasteiger partial charge on any atom is -0.346 e. The number of hydrogen-bond acceptors (Lipinski definition) is 3. The number of thiocarbonyl (C=S) groups is 1. The van der Waals surface area contributed by atoms with Crippen LogP contribution in [-0.4, -0.2) is 58.6 Å². The van der Waals surface area contributed by atoms with Crippen molar-refractivity contribution in [2.75, 3.05) is 43.0 Å².